The molecule has 1 heterocycles. The number of ether oxygens (including phenoxy) is 2. The van der Waals surface area contributed by atoms with Gasteiger partial charge in [0.05, 0.1) is 7.11 Å². The number of unbranched alkanes of at least 4 members (excludes halogenated alkanes) is 1. The molecule has 15 heavy (non-hydrogen) atoms. The van der Waals surface area contributed by atoms with E-state index in [2.05, 4.69) is 11.4 Å². The normalized spacial score (nSPS) is 10.5. The van der Waals surface area contributed by atoms with Crippen LogP contribution in [0.5, 0.6) is 5.06 Å². The smallest absolute Gasteiger partial charge is 0.173 e. The summed E-state index contributed by atoms with van der Waals surface area (Å²) in [5, 5.41) is 4.38. The van der Waals surface area contributed by atoms with Crippen molar-refractivity contribution in [2.75, 3.05) is 27.4 Å². The second kappa shape index (κ2) is 7.68. The van der Waals surface area contributed by atoms with Gasteiger partial charge < -0.3 is 14.8 Å². The molecule has 0 saturated carbocycles. The highest BCUT2D eigenvalue weighted by Crippen LogP contribution is 2.23. The van der Waals surface area contributed by atoms with Gasteiger partial charge in [-0.25, -0.2) is 0 Å². The lowest BCUT2D eigenvalue weighted by Crippen LogP contribution is -2.14. The van der Waals surface area contributed by atoms with Crippen LogP contribution in [-0.2, 0) is 11.3 Å². The van der Waals surface area contributed by atoms with E-state index < -0.39 is 0 Å². The van der Waals surface area contributed by atoms with Crippen LogP contribution in [0.1, 0.15) is 17.7 Å². The molecule has 0 bridgehead atoms. The van der Waals surface area contributed by atoms with Gasteiger partial charge in [-0.1, -0.05) is 0 Å². The average molecular weight is 229 g/mol. The first-order valence-electron chi connectivity index (χ1n) is 5.19. The second-order valence-electron chi connectivity index (χ2n) is 3.30. The Kier molecular flexibility index (Phi) is 6.39. The molecule has 0 fully saturated rings. The second-order valence-corrected chi connectivity index (χ2v) is 4.43. The van der Waals surface area contributed by atoms with Crippen LogP contribution in [-0.4, -0.2) is 27.4 Å². The predicted octanol–water partition coefficient (Wildman–Crippen LogP) is 2.27. The van der Waals surface area contributed by atoms with E-state index in [1.165, 1.54) is 4.88 Å². The quantitative estimate of drug-likeness (QED) is 0.694. The van der Waals surface area contributed by atoms with Crippen LogP contribution in [0.3, 0.4) is 0 Å². The van der Waals surface area contributed by atoms with Gasteiger partial charge in [0.2, 0.25) is 0 Å². The molecule has 0 radical (unpaired) electrons. The Labute approximate surface area is 95.4 Å². The first kappa shape index (κ1) is 12.5. The summed E-state index contributed by atoms with van der Waals surface area (Å²) in [6.45, 7) is 2.83. The Bertz CT molecular complexity index is 263. The largest absolute Gasteiger partial charge is 0.487 e. The lowest BCUT2D eigenvalue weighted by Gasteiger charge is -2.02. The van der Waals surface area contributed by atoms with Gasteiger partial charge in [0.15, 0.2) is 5.06 Å². The molecule has 0 saturated heterocycles. The Hall–Kier alpha value is -0.580. The highest BCUT2D eigenvalue weighted by atomic mass is 32.1. The lowest BCUT2D eigenvalue weighted by molar-refractivity contribution is 0.192. The zero-order valence-electron chi connectivity index (χ0n) is 9.41. The molecule has 1 N–H and O–H groups in total. The molecule has 4 heteroatoms. The average Bonchev–Trinajstić information content (AvgIpc) is 2.71. The molecule has 3 nitrogen and oxygen atoms in total. The third kappa shape index (κ3) is 5.16. The Morgan fingerprint density at radius 1 is 1.27 bits per heavy atom. The highest BCUT2D eigenvalue weighted by molar-refractivity contribution is 7.13. The molecule has 0 atom stereocenters. The molecule has 0 unspecified atom stereocenters. The van der Waals surface area contributed by atoms with Crippen molar-refractivity contribution in [2.45, 2.75) is 19.4 Å². The minimum absolute atomic E-state index is 0.856. The molecule has 1 aromatic rings. The van der Waals surface area contributed by atoms with E-state index in [-0.39, 0.29) is 0 Å². The van der Waals surface area contributed by atoms with E-state index in [1.54, 1.807) is 25.6 Å². The SMILES string of the molecule is COCCCCNCc1ccc(OC)s1. The van der Waals surface area contributed by atoms with Gasteiger partial charge >= 0.3 is 0 Å². The van der Waals surface area contributed by atoms with E-state index >= 15 is 0 Å². The lowest BCUT2D eigenvalue weighted by atomic mass is 10.3. The van der Waals surface area contributed by atoms with Gasteiger partial charge in [0.25, 0.3) is 0 Å². The molecule has 1 aromatic heterocycles. The molecular formula is C11H19NO2S. The standard InChI is InChI=1S/C11H19NO2S/c1-13-8-4-3-7-12-9-10-5-6-11(14-2)15-10/h5-6,12H,3-4,7-9H2,1-2H3. The Morgan fingerprint density at radius 2 is 2.13 bits per heavy atom. The number of thiophene rings is 1. The summed E-state index contributed by atoms with van der Waals surface area (Å²) in [5.41, 5.74) is 0. The summed E-state index contributed by atoms with van der Waals surface area (Å²) in [4.78, 5) is 1.32. The molecular weight excluding hydrogens is 210 g/mol. The van der Waals surface area contributed by atoms with Crippen LogP contribution < -0.4 is 10.1 Å². The van der Waals surface area contributed by atoms with Crippen LogP contribution in [0.25, 0.3) is 0 Å². The highest BCUT2D eigenvalue weighted by Gasteiger charge is 1.98. The molecule has 0 aliphatic rings. The fraction of sp³-hybridized carbons (Fsp3) is 0.636. The monoisotopic (exact) mass is 229 g/mol. The van der Waals surface area contributed by atoms with Gasteiger partial charge in [-0.3, -0.25) is 0 Å². The van der Waals surface area contributed by atoms with Gasteiger partial charge in [0.1, 0.15) is 0 Å². The number of methoxy groups -OCH3 is 2. The summed E-state index contributed by atoms with van der Waals surface area (Å²) in [7, 11) is 3.44. The minimum Gasteiger partial charge on any atom is -0.487 e. The van der Waals surface area contributed by atoms with Crippen molar-refractivity contribution in [2.24, 2.45) is 0 Å². The number of rotatable bonds is 8. The molecule has 86 valence electrons. The molecule has 0 aromatic carbocycles. The summed E-state index contributed by atoms with van der Waals surface area (Å²) in [6.07, 6.45) is 2.29. The van der Waals surface area contributed by atoms with Gasteiger partial charge in [-0.05, 0) is 31.5 Å². The van der Waals surface area contributed by atoms with Crippen molar-refractivity contribution in [3.05, 3.63) is 17.0 Å². The van der Waals surface area contributed by atoms with Crippen LogP contribution in [0.2, 0.25) is 0 Å². The van der Waals surface area contributed by atoms with Gasteiger partial charge in [-0.15, -0.1) is 11.3 Å². The maximum atomic E-state index is 5.13. The van der Waals surface area contributed by atoms with Crippen LogP contribution in [0, 0.1) is 0 Å². The van der Waals surface area contributed by atoms with Gasteiger partial charge in [0, 0.05) is 25.1 Å². The summed E-state index contributed by atoms with van der Waals surface area (Å²) in [5.74, 6) is 0. The first-order valence-corrected chi connectivity index (χ1v) is 6.01. The van der Waals surface area contributed by atoms with E-state index in [9.17, 15) is 0 Å². The van der Waals surface area contributed by atoms with Crippen molar-refractivity contribution < 1.29 is 9.47 Å². The number of hydrogen-bond acceptors (Lipinski definition) is 4. The zero-order chi connectivity index (χ0) is 10.9. The summed E-state index contributed by atoms with van der Waals surface area (Å²) < 4.78 is 10.1. The van der Waals surface area contributed by atoms with Crippen molar-refractivity contribution in [3.63, 3.8) is 0 Å². The molecule has 0 aliphatic carbocycles. The van der Waals surface area contributed by atoms with Crippen molar-refractivity contribution in [1.82, 2.24) is 5.32 Å². The third-order valence-electron chi connectivity index (χ3n) is 2.09. The van der Waals surface area contributed by atoms with Crippen LogP contribution in [0.4, 0.5) is 0 Å². The van der Waals surface area contributed by atoms with Gasteiger partial charge in [-0.2, -0.15) is 0 Å². The number of nitrogens with one attached hydrogen (secondary N) is 1. The maximum Gasteiger partial charge on any atom is 0.173 e. The van der Waals surface area contributed by atoms with E-state index in [1.807, 2.05) is 6.07 Å². The molecule has 0 amide bonds. The third-order valence-corrected chi connectivity index (χ3v) is 3.14. The Morgan fingerprint density at radius 3 is 2.80 bits per heavy atom. The number of hydrogen-bond donors (Lipinski definition) is 1. The van der Waals surface area contributed by atoms with E-state index in [0.717, 1.165) is 37.6 Å². The van der Waals surface area contributed by atoms with Crippen molar-refractivity contribution in [3.8, 4) is 5.06 Å². The first-order chi connectivity index (χ1) is 7.36. The topological polar surface area (TPSA) is 30.5 Å². The van der Waals surface area contributed by atoms with E-state index in [4.69, 9.17) is 9.47 Å². The van der Waals surface area contributed by atoms with E-state index in [0.29, 0.717) is 0 Å². The van der Waals surface area contributed by atoms with Crippen molar-refractivity contribution >= 4 is 11.3 Å². The minimum atomic E-state index is 0.856. The maximum absolute atomic E-state index is 5.13. The Balaban J connectivity index is 2.04. The fourth-order valence-electron chi connectivity index (χ4n) is 1.27. The summed E-state index contributed by atoms with van der Waals surface area (Å²) >= 11 is 1.69. The van der Waals surface area contributed by atoms with Crippen LogP contribution in [0.15, 0.2) is 12.1 Å². The van der Waals surface area contributed by atoms with Crippen molar-refractivity contribution in [1.29, 1.82) is 0 Å². The molecule has 0 spiro atoms. The molecule has 0 aliphatic heterocycles. The van der Waals surface area contributed by atoms with Crippen LogP contribution >= 0.6 is 11.3 Å². The predicted molar refractivity (Wildman–Crippen MR) is 63.7 cm³/mol. The zero-order valence-corrected chi connectivity index (χ0v) is 10.2. The fourth-order valence-corrected chi connectivity index (χ4v) is 2.06. The molecule has 1 rings (SSSR count). The summed E-state index contributed by atoms with van der Waals surface area (Å²) in [6, 6.07) is 4.11.